The zero-order chi connectivity index (χ0) is 15.6. The Bertz CT molecular complexity index is 522. The molecule has 2 unspecified atom stereocenters. The van der Waals surface area contributed by atoms with Crippen LogP contribution in [0.4, 0.5) is 5.69 Å². The van der Waals surface area contributed by atoms with E-state index in [-0.39, 0.29) is 24.3 Å². The van der Waals surface area contributed by atoms with E-state index in [4.69, 9.17) is 0 Å². The van der Waals surface area contributed by atoms with E-state index < -0.39 is 6.04 Å². The molecule has 1 saturated heterocycles. The van der Waals surface area contributed by atoms with Gasteiger partial charge in [0.15, 0.2) is 0 Å². The molecule has 1 N–H and O–H groups in total. The van der Waals surface area contributed by atoms with Crippen LogP contribution in [0.3, 0.4) is 0 Å². The monoisotopic (exact) mass is 288 g/mol. The summed E-state index contributed by atoms with van der Waals surface area (Å²) in [5, 5.41) is 3.23. The smallest absolute Gasteiger partial charge is 0.251 e. The van der Waals surface area contributed by atoms with Gasteiger partial charge in [-0.1, -0.05) is 32.9 Å². The largest absolute Gasteiger partial charge is 0.303 e. The van der Waals surface area contributed by atoms with Gasteiger partial charge in [-0.3, -0.25) is 9.59 Å². The van der Waals surface area contributed by atoms with Crippen LogP contribution in [0.5, 0.6) is 0 Å². The number of anilines is 1. The van der Waals surface area contributed by atoms with Crippen LogP contribution in [-0.2, 0) is 9.59 Å². The summed E-state index contributed by atoms with van der Waals surface area (Å²) in [5.41, 5.74) is 1.87. The van der Waals surface area contributed by atoms with Crippen molar-refractivity contribution in [2.45, 2.75) is 58.5 Å². The molecule has 0 spiro atoms. The molecule has 0 saturated carbocycles. The molecule has 0 aromatic heterocycles. The fourth-order valence-corrected chi connectivity index (χ4v) is 2.50. The minimum atomic E-state index is -0.391. The minimum absolute atomic E-state index is 0.127. The van der Waals surface area contributed by atoms with Crippen LogP contribution in [0.2, 0.25) is 0 Å². The zero-order valence-electron chi connectivity index (χ0n) is 13.2. The Morgan fingerprint density at radius 1 is 1.19 bits per heavy atom. The lowest BCUT2D eigenvalue weighted by atomic mass is 10.0. The molecule has 2 rings (SSSR count). The van der Waals surface area contributed by atoms with Crippen molar-refractivity contribution in [1.82, 2.24) is 5.32 Å². The normalized spacial score (nSPS) is 20.4. The summed E-state index contributed by atoms with van der Waals surface area (Å²) >= 11 is 0. The molecule has 114 valence electrons. The summed E-state index contributed by atoms with van der Waals surface area (Å²) in [4.78, 5) is 25.9. The predicted octanol–water partition coefficient (Wildman–Crippen LogP) is 2.83. The van der Waals surface area contributed by atoms with Crippen molar-refractivity contribution in [3.8, 4) is 0 Å². The fourth-order valence-electron chi connectivity index (χ4n) is 2.50. The molecule has 1 aromatic rings. The lowest BCUT2D eigenvalue weighted by Gasteiger charge is -2.18. The summed E-state index contributed by atoms with van der Waals surface area (Å²) in [5.74, 6) is 0.166. The van der Waals surface area contributed by atoms with E-state index in [0.29, 0.717) is 11.6 Å². The van der Waals surface area contributed by atoms with Crippen molar-refractivity contribution in [1.29, 1.82) is 0 Å². The molecule has 0 aliphatic carbocycles. The first-order valence-electron chi connectivity index (χ1n) is 7.66. The topological polar surface area (TPSA) is 49.4 Å². The Kier molecular flexibility index (Phi) is 4.78. The Morgan fingerprint density at radius 3 is 2.33 bits per heavy atom. The van der Waals surface area contributed by atoms with Gasteiger partial charge in [-0.2, -0.15) is 0 Å². The van der Waals surface area contributed by atoms with Crippen molar-refractivity contribution < 1.29 is 9.59 Å². The van der Waals surface area contributed by atoms with Crippen LogP contribution in [-0.4, -0.2) is 23.9 Å². The van der Waals surface area contributed by atoms with E-state index in [9.17, 15) is 9.59 Å². The van der Waals surface area contributed by atoms with Crippen LogP contribution in [0.25, 0.3) is 0 Å². The van der Waals surface area contributed by atoms with Crippen molar-refractivity contribution in [2.24, 2.45) is 0 Å². The van der Waals surface area contributed by atoms with Gasteiger partial charge in [-0.15, -0.1) is 0 Å². The number of rotatable bonds is 5. The highest BCUT2D eigenvalue weighted by Crippen LogP contribution is 2.25. The number of carbonyl (C=O) groups is 2. The second-order valence-corrected chi connectivity index (χ2v) is 6.05. The second kappa shape index (κ2) is 6.39. The SMILES string of the molecule is CCC(C)NC1CC(=O)N(c2ccc(C(C)C)cc2)C1=O. The molecule has 2 amide bonds. The zero-order valence-corrected chi connectivity index (χ0v) is 13.2. The van der Waals surface area contributed by atoms with E-state index in [1.54, 1.807) is 0 Å². The molecule has 0 bridgehead atoms. The lowest BCUT2D eigenvalue weighted by Crippen LogP contribution is -2.42. The number of hydrogen-bond acceptors (Lipinski definition) is 3. The van der Waals surface area contributed by atoms with Gasteiger partial charge in [0, 0.05) is 6.04 Å². The number of carbonyl (C=O) groups excluding carboxylic acids is 2. The summed E-state index contributed by atoms with van der Waals surface area (Å²) in [6.07, 6.45) is 1.18. The van der Waals surface area contributed by atoms with Crippen molar-refractivity contribution in [2.75, 3.05) is 4.90 Å². The van der Waals surface area contributed by atoms with Gasteiger partial charge in [0.25, 0.3) is 5.91 Å². The number of nitrogens with zero attached hydrogens (tertiary/aromatic N) is 1. The first-order valence-corrected chi connectivity index (χ1v) is 7.66. The van der Waals surface area contributed by atoms with Gasteiger partial charge in [0.2, 0.25) is 5.91 Å². The van der Waals surface area contributed by atoms with Gasteiger partial charge in [-0.05, 0) is 37.0 Å². The molecule has 4 nitrogen and oxygen atoms in total. The highest BCUT2D eigenvalue weighted by Gasteiger charge is 2.39. The number of benzene rings is 1. The minimum Gasteiger partial charge on any atom is -0.303 e. The maximum absolute atomic E-state index is 12.4. The number of imide groups is 1. The third-order valence-corrected chi connectivity index (χ3v) is 4.06. The van der Waals surface area contributed by atoms with Crippen molar-refractivity contribution in [3.63, 3.8) is 0 Å². The van der Waals surface area contributed by atoms with Crippen LogP contribution in [0, 0.1) is 0 Å². The van der Waals surface area contributed by atoms with Crippen molar-refractivity contribution >= 4 is 17.5 Å². The predicted molar refractivity (Wildman–Crippen MR) is 84.3 cm³/mol. The van der Waals surface area contributed by atoms with Crippen LogP contribution in [0.15, 0.2) is 24.3 Å². The average molecular weight is 288 g/mol. The van der Waals surface area contributed by atoms with Gasteiger partial charge in [0.05, 0.1) is 18.2 Å². The van der Waals surface area contributed by atoms with Crippen molar-refractivity contribution in [3.05, 3.63) is 29.8 Å². The van der Waals surface area contributed by atoms with E-state index in [1.807, 2.05) is 31.2 Å². The third kappa shape index (κ3) is 3.32. The molecule has 2 atom stereocenters. The van der Waals surface area contributed by atoms with Gasteiger partial charge >= 0.3 is 0 Å². The van der Waals surface area contributed by atoms with Gasteiger partial charge in [-0.25, -0.2) is 4.90 Å². The van der Waals surface area contributed by atoms with E-state index in [1.165, 1.54) is 10.5 Å². The Labute approximate surface area is 126 Å². The molecule has 1 aliphatic heterocycles. The number of nitrogens with one attached hydrogen (secondary N) is 1. The average Bonchev–Trinajstić information content (AvgIpc) is 2.73. The Balaban J connectivity index is 2.16. The molecule has 21 heavy (non-hydrogen) atoms. The number of hydrogen-bond donors (Lipinski definition) is 1. The molecular formula is C17H24N2O2. The lowest BCUT2D eigenvalue weighted by molar-refractivity contribution is -0.121. The summed E-state index contributed by atoms with van der Waals surface area (Å²) in [6.45, 7) is 8.32. The highest BCUT2D eigenvalue weighted by atomic mass is 16.2. The maximum Gasteiger partial charge on any atom is 0.251 e. The molecule has 1 aromatic carbocycles. The van der Waals surface area contributed by atoms with E-state index in [2.05, 4.69) is 26.1 Å². The van der Waals surface area contributed by atoms with Gasteiger partial charge < -0.3 is 5.32 Å². The summed E-state index contributed by atoms with van der Waals surface area (Å²) in [7, 11) is 0. The molecule has 0 radical (unpaired) electrons. The number of amides is 2. The maximum atomic E-state index is 12.4. The fraction of sp³-hybridized carbons (Fsp3) is 0.529. The Morgan fingerprint density at radius 2 is 1.81 bits per heavy atom. The third-order valence-electron chi connectivity index (χ3n) is 4.06. The van der Waals surface area contributed by atoms with E-state index >= 15 is 0 Å². The standard InChI is InChI=1S/C17H24N2O2/c1-5-12(4)18-15-10-16(20)19(17(15)21)14-8-6-13(7-9-14)11(2)3/h6-9,11-12,15,18H,5,10H2,1-4H3. The van der Waals surface area contributed by atoms with Crippen LogP contribution >= 0.6 is 0 Å². The summed E-state index contributed by atoms with van der Waals surface area (Å²) < 4.78 is 0. The van der Waals surface area contributed by atoms with E-state index in [0.717, 1.165) is 6.42 Å². The summed E-state index contributed by atoms with van der Waals surface area (Å²) in [6, 6.07) is 7.52. The molecular weight excluding hydrogens is 264 g/mol. The second-order valence-electron chi connectivity index (χ2n) is 6.05. The molecule has 1 fully saturated rings. The first-order chi connectivity index (χ1) is 9.93. The molecule has 1 aliphatic rings. The molecule has 4 heteroatoms. The first kappa shape index (κ1) is 15.7. The highest BCUT2D eigenvalue weighted by molar-refractivity contribution is 6.22. The molecule has 1 heterocycles. The van der Waals surface area contributed by atoms with Gasteiger partial charge in [0.1, 0.15) is 0 Å². The quantitative estimate of drug-likeness (QED) is 0.848. The van der Waals surface area contributed by atoms with Crippen LogP contribution in [0.1, 0.15) is 52.0 Å². The Hall–Kier alpha value is -1.68. The van der Waals surface area contributed by atoms with Crippen LogP contribution < -0.4 is 10.2 Å².